The number of benzene rings is 1. The molecule has 2 N–H and O–H groups in total. The summed E-state index contributed by atoms with van der Waals surface area (Å²) in [5.41, 5.74) is 0.563. The van der Waals surface area contributed by atoms with Crippen molar-refractivity contribution >= 4 is 0 Å². The predicted molar refractivity (Wildman–Crippen MR) is 70.7 cm³/mol. The summed E-state index contributed by atoms with van der Waals surface area (Å²) in [4.78, 5) is 0. The highest BCUT2D eigenvalue weighted by Gasteiger charge is 2.02. The normalized spacial score (nSPS) is 10.8. The van der Waals surface area contributed by atoms with E-state index in [0.717, 1.165) is 45.1 Å². The van der Waals surface area contributed by atoms with E-state index in [1.165, 1.54) is 12.1 Å². The molecule has 1 aromatic rings. The first-order valence-corrected chi connectivity index (χ1v) is 6.59. The van der Waals surface area contributed by atoms with E-state index in [1.807, 2.05) is 0 Å². The minimum Gasteiger partial charge on any atom is -0.317 e. The van der Waals surface area contributed by atoms with Gasteiger partial charge in [-0.3, -0.25) is 0 Å². The molecule has 0 aromatic heterocycles. The van der Waals surface area contributed by atoms with Crippen LogP contribution >= 0.6 is 0 Å². The van der Waals surface area contributed by atoms with Crippen LogP contribution in [0.2, 0.25) is 0 Å². The molecule has 0 spiro atoms. The molecule has 18 heavy (non-hydrogen) atoms. The zero-order valence-corrected chi connectivity index (χ0v) is 10.9. The van der Waals surface area contributed by atoms with E-state index in [2.05, 4.69) is 17.6 Å². The van der Waals surface area contributed by atoms with Gasteiger partial charge in [-0.2, -0.15) is 0 Å². The first-order valence-electron chi connectivity index (χ1n) is 6.59. The Bertz CT molecular complexity index is 343. The molecule has 0 aliphatic rings. The van der Waals surface area contributed by atoms with Crippen LogP contribution in [0.1, 0.15) is 25.3 Å². The topological polar surface area (TPSA) is 24.1 Å². The van der Waals surface area contributed by atoms with Crippen molar-refractivity contribution in [3.8, 4) is 0 Å². The number of hydrogen-bond donors (Lipinski definition) is 2. The zero-order chi connectivity index (χ0) is 13.2. The summed E-state index contributed by atoms with van der Waals surface area (Å²) >= 11 is 0. The largest absolute Gasteiger partial charge is 0.317 e. The van der Waals surface area contributed by atoms with E-state index in [0.29, 0.717) is 12.0 Å². The molecule has 0 radical (unpaired) electrons. The maximum atomic E-state index is 13.3. The summed E-state index contributed by atoms with van der Waals surface area (Å²) in [7, 11) is 0. The third kappa shape index (κ3) is 6.07. The van der Waals surface area contributed by atoms with Crippen LogP contribution in [-0.2, 0) is 6.42 Å². The Labute approximate surface area is 108 Å². The van der Waals surface area contributed by atoms with Gasteiger partial charge in [0.25, 0.3) is 0 Å². The van der Waals surface area contributed by atoms with Gasteiger partial charge < -0.3 is 10.6 Å². The lowest BCUT2D eigenvalue weighted by Crippen LogP contribution is -2.24. The Morgan fingerprint density at radius 3 is 2.39 bits per heavy atom. The second kappa shape index (κ2) is 9.00. The monoisotopic (exact) mass is 256 g/mol. The molecule has 0 fully saturated rings. The number of nitrogens with one attached hydrogen (secondary N) is 2. The van der Waals surface area contributed by atoms with Gasteiger partial charge in [-0.05, 0) is 57.1 Å². The lowest BCUT2D eigenvalue weighted by Gasteiger charge is -2.06. The highest BCUT2D eigenvalue weighted by molar-refractivity contribution is 5.18. The molecular weight excluding hydrogens is 234 g/mol. The van der Waals surface area contributed by atoms with Crippen LogP contribution in [0.3, 0.4) is 0 Å². The predicted octanol–water partition coefficient (Wildman–Crippen LogP) is 2.49. The van der Waals surface area contributed by atoms with E-state index in [9.17, 15) is 8.78 Å². The maximum absolute atomic E-state index is 13.3. The van der Waals surface area contributed by atoms with Crippen molar-refractivity contribution in [3.63, 3.8) is 0 Å². The summed E-state index contributed by atoms with van der Waals surface area (Å²) in [5, 5.41) is 6.57. The van der Waals surface area contributed by atoms with Crippen LogP contribution in [0, 0.1) is 11.6 Å². The zero-order valence-electron chi connectivity index (χ0n) is 10.9. The van der Waals surface area contributed by atoms with Crippen molar-refractivity contribution in [2.75, 3.05) is 26.2 Å². The highest BCUT2D eigenvalue weighted by Crippen LogP contribution is 2.09. The number of halogens is 2. The molecule has 0 aliphatic carbocycles. The molecule has 102 valence electrons. The molecule has 0 amide bonds. The van der Waals surface area contributed by atoms with Crippen molar-refractivity contribution in [2.45, 2.75) is 26.2 Å². The van der Waals surface area contributed by atoms with Crippen LogP contribution in [0.5, 0.6) is 0 Å². The number of rotatable bonds is 9. The van der Waals surface area contributed by atoms with E-state index in [-0.39, 0.29) is 0 Å². The van der Waals surface area contributed by atoms with Crippen molar-refractivity contribution < 1.29 is 8.78 Å². The molecule has 0 heterocycles. The average molecular weight is 256 g/mol. The van der Waals surface area contributed by atoms with E-state index in [1.54, 1.807) is 0 Å². The summed E-state index contributed by atoms with van der Waals surface area (Å²) in [6.45, 7) is 5.84. The van der Waals surface area contributed by atoms with Crippen LogP contribution in [0.4, 0.5) is 8.78 Å². The second-order valence-corrected chi connectivity index (χ2v) is 4.34. The molecule has 0 aliphatic heterocycles. The molecule has 0 atom stereocenters. The smallest absolute Gasteiger partial charge is 0.129 e. The van der Waals surface area contributed by atoms with Gasteiger partial charge in [0, 0.05) is 6.07 Å². The standard InChI is InChI=1S/C14H22F2N2/c1-2-7-17-8-3-9-18-10-6-12-4-5-13(15)11-14(12)16/h4-5,11,17-18H,2-3,6-10H2,1H3. The molecule has 0 bridgehead atoms. The van der Waals surface area contributed by atoms with Gasteiger partial charge in [0.05, 0.1) is 0 Å². The first kappa shape index (κ1) is 15.1. The molecule has 1 rings (SSSR count). The third-order valence-corrected chi connectivity index (χ3v) is 2.72. The van der Waals surface area contributed by atoms with Gasteiger partial charge in [0.15, 0.2) is 0 Å². The third-order valence-electron chi connectivity index (χ3n) is 2.72. The Morgan fingerprint density at radius 1 is 1.00 bits per heavy atom. The van der Waals surface area contributed by atoms with Crippen molar-refractivity contribution in [2.24, 2.45) is 0 Å². The summed E-state index contributed by atoms with van der Waals surface area (Å²) in [6.07, 6.45) is 2.80. The van der Waals surface area contributed by atoms with E-state index >= 15 is 0 Å². The number of hydrogen-bond acceptors (Lipinski definition) is 2. The Kier molecular flexibility index (Phi) is 7.53. The summed E-state index contributed by atoms with van der Waals surface area (Å²) < 4.78 is 26.0. The van der Waals surface area contributed by atoms with Crippen molar-refractivity contribution in [1.29, 1.82) is 0 Å². The minimum atomic E-state index is -0.522. The quantitative estimate of drug-likeness (QED) is 0.663. The van der Waals surface area contributed by atoms with Gasteiger partial charge in [-0.1, -0.05) is 13.0 Å². The molecule has 2 nitrogen and oxygen atoms in total. The molecule has 4 heteroatoms. The molecule has 1 aromatic carbocycles. The van der Waals surface area contributed by atoms with Crippen molar-refractivity contribution in [3.05, 3.63) is 35.4 Å². The first-order chi connectivity index (χ1) is 8.74. The van der Waals surface area contributed by atoms with Crippen LogP contribution in [0.25, 0.3) is 0 Å². The van der Waals surface area contributed by atoms with E-state index in [4.69, 9.17) is 0 Å². The molecular formula is C14H22F2N2. The molecule has 0 unspecified atom stereocenters. The van der Waals surface area contributed by atoms with Gasteiger partial charge in [0.1, 0.15) is 11.6 Å². The highest BCUT2D eigenvalue weighted by atomic mass is 19.1. The van der Waals surface area contributed by atoms with Gasteiger partial charge in [0.2, 0.25) is 0 Å². The lowest BCUT2D eigenvalue weighted by molar-refractivity contribution is 0.560. The summed E-state index contributed by atoms with van der Waals surface area (Å²) in [5.74, 6) is -0.979. The summed E-state index contributed by atoms with van der Waals surface area (Å²) in [6, 6.07) is 3.74. The molecule has 0 saturated heterocycles. The van der Waals surface area contributed by atoms with Crippen molar-refractivity contribution in [1.82, 2.24) is 10.6 Å². The fourth-order valence-corrected chi connectivity index (χ4v) is 1.71. The van der Waals surface area contributed by atoms with Gasteiger partial charge >= 0.3 is 0 Å². The Morgan fingerprint density at radius 2 is 1.72 bits per heavy atom. The second-order valence-electron chi connectivity index (χ2n) is 4.34. The van der Waals surface area contributed by atoms with Crippen LogP contribution in [-0.4, -0.2) is 26.2 Å². The SMILES string of the molecule is CCCNCCCNCCc1ccc(F)cc1F. The van der Waals surface area contributed by atoms with Gasteiger partial charge in [-0.25, -0.2) is 8.78 Å². The maximum Gasteiger partial charge on any atom is 0.129 e. The Hall–Kier alpha value is -1.00. The Balaban J connectivity index is 2.07. The molecule has 0 saturated carbocycles. The van der Waals surface area contributed by atoms with E-state index < -0.39 is 11.6 Å². The minimum absolute atomic E-state index is 0.457. The fourth-order valence-electron chi connectivity index (χ4n) is 1.71. The van der Waals surface area contributed by atoms with Gasteiger partial charge in [-0.15, -0.1) is 0 Å². The average Bonchev–Trinajstić information content (AvgIpc) is 2.35. The fraction of sp³-hybridized carbons (Fsp3) is 0.571. The van der Waals surface area contributed by atoms with Crippen LogP contribution in [0.15, 0.2) is 18.2 Å². The lowest BCUT2D eigenvalue weighted by atomic mass is 10.1. The van der Waals surface area contributed by atoms with Crippen LogP contribution < -0.4 is 10.6 Å².